The third-order valence-electron chi connectivity index (χ3n) is 4.54. The van der Waals surface area contributed by atoms with Crippen LogP contribution in [0.4, 0.5) is 0 Å². The molecular formula is C18H29ClN2O2. The van der Waals surface area contributed by atoms with Crippen LogP contribution in [0.1, 0.15) is 44.9 Å². The van der Waals surface area contributed by atoms with Crippen molar-refractivity contribution in [2.24, 2.45) is 11.1 Å². The van der Waals surface area contributed by atoms with Gasteiger partial charge in [0.05, 0.1) is 6.61 Å². The second-order valence-corrected chi connectivity index (χ2v) is 6.31. The monoisotopic (exact) mass is 340 g/mol. The number of nitrogens with one attached hydrogen (secondary N) is 1. The zero-order valence-electron chi connectivity index (χ0n) is 13.8. The molecule has 0 atom stereocenters. The molecule has 2 rings (SSSR count). The lowest BCUT2D eigenvalue weighted by molar-refractivity contribution is -0.123. The van der Waals surface area contributed by atoms with Gasteiger partial charge < -0.3 is 15.8 Å². The van der Waals surface area contributed by atoms with E-state index in [4.69, 9.17) is 10.5 Å². The molecule has 1 fully saturated rings. The number of nitrogens with two attached hydrogens (primary N) is 1. The largest absolute Gasteiger partial charge is 0.494 e. The number of carbonyl (C=O) groups excluding carboxylic acids is 1. The predicted octanol–water partition coefficient (Wildman–Crippen LogP) is 3.29. The van der Waals surface area contributed by atoms with Gasteiger partial charge in [-0.1, -0.05) is 37.5 Å². The summed E-state index contributed by atoms with van der Waals surface area (Å²) in [5, 5.41) is 3.00. The third-order valence-corrected chi connectivity index (χ3v) is 4.54. The average Bonchev–Trinajstić information content (AvgIpc) is 2.56. The quantitative estimate of drug-likeness (QED) is 0.714. The van der Waals surface area contributed by atoms with Gasteiger partial charge in [-0.3, -0.25) is 4.79 Å². The van der Waals surface area contributed by atoms with Gasteiger partial charge in [0.2, 0.25) is 5.91 Å². The van der Waals surface area contributed by atoms with Crippen LogP contribution in [-0.4, -0.2) is 25.6 Å². The molecule has 1 aliphatic rings. The van der Waals surface area contributed by atoms with Crippen molar-refractivity contribution in [1.82, 2.24) is 5.32 Å². The minimum absolute atomic E-state index is 0. The lowest BCUT2D eigenvalue weighted by Gasteiger charge is -2.35. The van der Waals surface area contributed by atoms with Gasteiger partial charge >= 0.3 is 0 Å². The van der Waals surface area contributed by atoms with Crippen LogP contribution >= 0.6 is 12.4 Å². The Morgan fingerprint density at radius 1 is 1.17 bits per heavy atom. The predicted molar refractivity (Wildman–Crippen MR) is 96.0 cm³/mol. The summed E-state index contributed by atoms with van der Waals surface area (Å²) < 4.78 is 5.61. The molecule has 0 aliphatic heterocycles. The first kappa shape index (κ1) is 19.8. The normalized spacial score (nSPS) is 16.2. The maximum atomic E-state index is 12.1. The Morgan fingerprint density at radius 2 is 1.87 bits per heavy atom. The highest BCUT2D eigenvalue weighted by molar-refractivity contribution is 5.85. The van der Waals surface area contributed by atoms with E-state index in [-0.39, 0.29) is 23.7 Å². The Labute approximate surface area is 145 Å². The van der Waals surface area contributed by atoms with Crippen molar-refractivity contribution in [2.45, 2.75) is 44.9 Å². The van der Waals surface area contributed by atoms with Gasteiger partial charge in [0, 0.05) is 13.0 Å². The van der Waals surface area contributed by atoms with Crippen LogP contribution in [-0.2, 0) is 4.79 Å². The molecule has 130 valence electrons. The number of hydrogen-bond donors (Lipinski definition) is 2. The number of hydrogen-bond acceptors (Lipinski definition) is 3. The molecule has 1 aliphatic carbocycles. The molecule has 0 saturated heterocycles. The molecule has 0 spiro atoms. The summed E-state index contributed by atoms with van der Waals surface area (Å²) in [5.74, 6) is 1.00. The van der Waals surface area contributed by atoms with Crippen LogP contribution in [0, 0.1) is 5.41 Å². The van der Waals surface area contributed by atoms with Gasteiger partial charge in [-0.15, -0.1) is 12.4 Å². The van der Waals surface area contributed by atoms with E-state index in [0.29, 0.717) is 26.1 Å². The van der Waals surface area contributed by atoms with Crippen LogP contribution in [0.25, 0.3) is 0 Å². The van der Waals surface area contributed by atoms with E-state index in [0.717, 1.165) is 25.0 Å². The average molecular weight is 341 g/mol. The lowest BCUT2D eigenvalue weighted by atomic mass is 9.71. The number of amides is 1. The van der Waals surface area contributed by atoms with Gasteiger partial charge in [-0.2, -0.15) is 0 Å². The maximum absolute atomic E-state index is 12.1. The SMILES string of the molecule is Cl.NCC1(CC(=O)NCCCOc2ccccc2)CCCCC1. The van der Waals surface area contributed by atoms with Crippen LogP contribution in [0.5, 0.6) is 5.75 Å². The van der Waals surface area contributed by atoms with Gasteiger partial charge in [0.15, 0.2) is 0 Å². The Morgan fingerprint density at radius 3 is 2.52 bits per heavy atom. The van der Waals surface area contributed by atoms with Crippen molar-refractivity contribution in [1.29, 1.82) is 0 Å². The highest BCUT2D eigenvalue weighted by Gasteiger charge is 2.32. The summed E-state index contributed by atoms with van der Waals surface area (Å²) in [6.07, 6.45) is 7.26. The first-order chi connectivity index (χ1) is 10.7. The fourth-order valence-electron chi connectivity index (χ4n) is 3.16. The highest BCUT2D eigenvalue weighted by atomic mass is 35.5. The van der Waals surface area contributed by atoms with E-state index >= 15 is 0 Å². The summed E-state index contributed by atoms with van der Waals surface area (Å²) in [7, 11) is 0. The summed E-state index contributed by atoms with van der Waals surface area (Å²) in [5.41, 5.74) is 5.97. The zero-order valence-corrected chi connectivity index (χ0v) is 14.6. The van der Waals surface area contributed by atoms with Gasteiger partial charge in [0.1, 0.15) is 5.75 Å². The lowest BCUT2D eigenvalue weighted by Crippen LogP contribution is -2.39. The zero-order chi connectivity index (χ0) is 15.7. The molecule has 0 aromatic heterocycles. The van der Waals surface area contributed by atoms with Crippen molar-refractivity contribution in [3.8, 4) is 5.75 Å². The number of para-hydroxylation sites is 1. The summed E-state index contributed by atoms with van der Waals surface area (Å²) in [4.78, 5) is 12.1. The minimum Gasteiger partial charge on any atom is -0.494 e. The fourth-order valence-corrected chi connectivity index (χ4v) is 3.16. The fraction of sp³-hybridized carbons (Fsp3) is 0.611. The van der Waals surface area contributed by atoms with E-state index < -0.39 is 0 Å². The second-order valence-electron chi connectivity index (χ2n) is 6.31. The van der Waals surface area contributed by atoms with Crippen molar-refractivity contribution >= 4 is 18.3 Å². The number of carbonyl (C=O) groups is 1. The third kappa shape index (κ3) is 6.80. The Balaban J connectivity index is 0.00000264. The molecule has 23 heavy (non-hydrogen) atoms. The Hall–Kier alpha value is -1.26. The molecule has 3 N–H and O–H groups in total. The standard InChI is InChI=1S/C18H28N2O2.ClH/c19-15-18(10-5-2-6-11-18)14-17(21)20-12-7-13-22-16-8-3-1-4-9-16;/h1,3-4,8-9H,2,5-7,10-15,19H2,(H,20,21);1H. The molecule has 4 nitrogen and oxygen atoms in total. The highest BCUT2D eigenvalue weighted by Crippen LogP contribution is 2.38. The van der Waals surface area contributed by atoms with Crippen LogP contribution in [0.3, 0.4) is 0 Å². The Kier molecular flexibility index (Phi) is 9.03. The smallest absolute Gasteiger partial charge is 0.220 e. The summed E-state index contributed by atoms with van der Waals surface area (Å²) in [6.45, 7) is 1.90. The first-order valence-electron chi connectivity index (χ1n) is 8.39. The van der Waals surface area contributed by atoms with E-state index in [1.165, 1.54) is 19.3 Å². The molecule has 1 amide bonds. The summed E-state index contributed by atoms with van der Waals surface area (Å²) in [6, 6.07) is 9.74. The van der Waals surface area contributed by atoms with Gasteiger partial charge in [-0.05, 0) is 43.4 Å². The van der Waals surface area contributed by atoms with E-state index in [1.807, 2.05) is 30.3 Å². The topological polar surface area (TPSA) is 64.4 Å². The van der Waals surface area contributed by atoms with Crippen LogP contribution in [0.15, 0.2) is 30.3 Å². The molecule has 1 aromatic rings. The molecule has 1 saturated carbocycles. The van der Waals surface area contributed by atoms with Crippen molar-refractivity contribution < 1.29 is 9.53 Å². The van der Waals surface area contributed by atoms with Gasteiger partial charge in [-0.25, -0.2) is 0 Å². The van der Waals surface area contributed by atoms with E-state index in [9.17, 15) is 4.79 Å². The number of benzene rings is 1. The molecule has 1 aromatic carbocycles. The second kappa shape index (κ2) is 10.5. The van der Waals surface area contributed by atoms with Gasteiger partial charge in [0.25, 0.3) is 0 Å². The minimum atomic E-state index is 0. The van der Waals surface area contributed by atoms with Crippen molar-refractivity contribution in [3.05, 3.63) is 30.3 Å². The van der Waals surface area contributed by atoms with Crippen molar-refractivity contribution in [2.75, 3.05) is 19.7 Å². The molecule has 0 radical (unpaired) electrons. The van der Waals surface area contributed by atoms with E-state index in [1.54, 1.807) is 0 Å². The van der Waals surface area contributed by atoms with Crippen molar-refractivity contribution in [3.63, 3.8) is 0 Å². The molecule has 0 unspecified atom stereocenters. The molecular weight excluding hydrogens is 312 g/mol. The molecule has 0 heterocycles. The summed E-state index contributed by atoms with van der Waals surface area (Å²) >= 11 is 0. The van der Waals surface area contributed by atoms with Crippen LogP contribution in [0.2, 0.25) is 0 Å². The maximum Gasteiger partial charge on any atom is 0.220 e. The number of ether oxygens (including phenoxy) is 1. The number of rotatable bonds is 8. The number of halogens is 1. The Bertz CT molecular complexity index is 448. The molecule has 5 heteroatoms. The molecule has 0 bridgehead atoms. The van der Waals surface area contributed by atoms with Crippen LogP contribution < -0.4 is 15.8 Å². The van der Waals surface area contributed by atoms with E-state index in [2.05, 4.69) is 5.32 Å². The first-order valence-corrected chi connectivity index (χ1v) is 8.39.